The maximum Gasteiger partial charge on any atom is 0.417 e. The van der Waals surface area contributed by atoms with E-state index in [0.717, 1.165) is 12.1 Å². The van der Waals surface area contributed by atoms with E-state index in [0.29, 0.717) is 12.5 Å². The van der Waals surface area contributed by atoms with Gasteiger partial charge in [-0.3, -0.25) is 0 Å². The lowest BCUT2D eigenvalue weighted by Gasteiger charge is -2.18. The molecule has 0 radical (unpaired) electrons. The van der Waals surface area contributed by atoms with Crippen LogP contribution < -0.4 is 5.32 Å². The fraction of sp³-hybridized carbons (Fsp3) is 0.500. The molecule has 118 valence electrons. The Morgan fingerprint density at radius 3 is 2.57 bits per heavy atom. The van der Waals surface area contributed by atoms with Crippen LogP contribution in [0.4, 0.5) is 13.2 Å². The van der Waals surface area contributed by atoms with Crippen molar-refractivity contribution < 1.29 is 21.6 Å². The SMILES string of the molecule is CNC1CCN(S(=O)(=O)c2ccc(Cl)c(C(F)(F)F)c2)C1. The van der Waals surface area contributed by atoms with Gasteiger partial charge in [0.25, 0.3) is 0 Å². The highest BCUT2D eigenvalue weighted by atomic mass is 35.5. The third-order valence-electron chi connectivity index (χ3n) is 3.44. The van der Waals surface area contributed by atoms with Gasteiger partial charge in [0, 0.05) is 19.1 Å². The molecule has 2 rings (SSSR count). The quantitative estimate of drug-likeness (QED) is 0.917. The number of nitrogens with one attached hydrogen (secondary N) is 1. The van der Waals surface area contributed by atoms with E-state index in [1.54, 1.807) is 7.05 Å². The molecular weight excluding hydrogens is 329 g/mol. The number of likely N-dealkylation sites (N-methyl/N-ethyl adjacent to an activating group) is 1. The molecule has 1 aliphatic heterocycles. The van der Waals surface area contributed by atoms with Gasteiger partial charge in [0.1, 0.15) is 0 Å². The van der Waals surface area contributed by atoms with Gasteiger partial charge in [0.2, 0.25) is 10.0 Å². The normalized spacial score (nSPS) is 20.9. The molecule has 21 heavy (non-hydrogen) atoms. The van der Waals surface area contributed by atoms with Gasteiger partial charge >= 0.3 is 6.18 Å². The van der Waals surface area contributed by atoms with Crippen molar-refractivity contribution in [1.82, 2.24) is 9.62 Å². The summed E-state index contributed by atoms with van der Waals surface area (Å²) in [5.41, 5.74) is -1.14. The number of halogens is 4. The van der Waals surface area contributed by atoms with Gasteiger partial charge in [-0.05, 0) is 31.7 Å². The zero-order valence-corrected chi connectivity index (χ0v) is 12.7. The molecule has 1 fully saturated rings. The van der Waals surface area contributed by atoms with Crippen LogP contribution in [-0.4, -0.2) is 38.9 Å². The van der Waals surface area contributed by atoms with E-state index < -0.39 is 31.7 Å². The van der Waals surface area contributed by atoms with E-state index in [1.807, 2.05) is 0 Å². The molecule has 1 heterocycles. The van der Waals surface area contributed by atoms with Crippen LogP contribution in [0, 0.1) is 0 Å². The lowest BCUT2D eigenvalue weighted by Crippen LogP contribution is -2.33. The van der Waals surface area contributed by atoms with Gasteiger partial charge in [0.15, 0.2) is 0 Å². The number of nitrogens with zero attached hydrogens (tertiary/aromatic N) is 1. The van der Waals surface area contributed by atoms with Crippen LogP contribution >= 0.6 is 11.6 Å². The van der Waals surface area contributed by atoms with Crippen LogP contribution in [0.15, 0.2) is 23.1 Å². The van der Waals surface area contributed by atoms with Gasteiger partial charge < -0.3 is 5.32 Å². The molecule has 0 bridgehead atoms. The predicted molar refractivity (Wildman–Crippen MR) is 72.7 cm³/mol. The van der Waals surface area contributed by atoms with Crippen LogP contribution in [0.2, 0.25) is 5.02 Å². The molecule has 1 aromatic carbocycles. The summed E-state index contributed by atoms with van der Waals surface area (Å²) in [6.07, 6.45) is -4.07. The zero-order valence-electron chi connectivity index (χ0n) is 11.1. The fourth-order valence-corrected chi connectivity index (χ4v) is 3.96. The first kappa shape index (κ1) is 16.5. The molecule has 0 spiro atoms. The number of hydrogen-bond acceptors (Lipinski definition) is 3. The van der Waals surface area contributed by atoms with Gasteiger partial charge in [-0.2, -0.15) is 17.5 Å². The van der Waals surface area contributed by atoms with Gasteiger partial charge in [-0.25, -0.2) is 8.42 Å². The van der Waals surface area contributed by atoms with Crippen molar-refractivity contribution >= 4 is 21.6 Å². The number of sulfonamides is 1. The van der Waals surface area contributed by atoms with Crippen LogP contribution in [0.1, 0.15) is 12.0 Å². The molecule has 1 unspecified atom stereocenters. The van der Waals surface area contributed by atoms with Crippen molar-refractivity contribution in [3.63, 3.8) is 0 Å². The Labute approximate surface area is 125 Å². The number of benzene rings is 1. The maximum absolute atomic E-state index is 12.8. The van der Waals surface area contributed by atoms with Crippen molar-refractivity contribution in [2.45, 2.75) is 23.5 Å². The van der Waals surface area contributed by atoms with Crippen LogP contribution in [0.25, 0.3) is 0 Å². The van der Waals surface area contributed by atoms with Gasteiger partial charge in [-0.1, -0.05) is 11.6 Å². The summed E-state index contributed by atoms with van der Waals surface area (Å²) in [6.45, 7) is 0.515. The fourth-order valence-electron chi connectivity index (χ4n) is 2.21. The highest BCUT2D eigenvalue weighted by molar-refractivity contribution is 7.89. The van der Waals surface area contributed by atoms with Crippen molar-refractivity contribution in [3.8, 4) is 0 Å². The maximum atomic E-state index is 12.8. The first-order chi connectivity index (χ1) is 9.66. The van der Waals surface area contributed by atoms with E-state index in [1.165, 1.54) is 4.31 Å². The van der Waals surface area contributed by atoms with Crippen molar-refractivity contribution in [2.75, 3.05) is 20.1 Å². The van der Waals surface area contributed by atoms with E-state index in [4.69, 9.17) is 11.6 Å². The second-order valence-corrected chi connectivity index (χ2v) is 7.12. The Bertz CT molecular complexity index is 634. The Kier molecular flexibility index (Phi) is 4.53. The number of alkyl halides is 3. The van der Waals surface area contributed by atoms with Crippen LogP contribution in [0.3, 0.4) is 0 Å². The van der Waals surface area contributed by atoms with Crippen molar-refractivity contribution in [3.05, 3.63) is 28.8 Å². The standard InChI is InChI=1S/C12H14ClF3N2O2S/c1-17-8-4-5-18(7-8)21(19,20)9-2-3-11(13)10(6-9)12(14,15)16/h2-3,6,8,17H,4-5,7H2,1H3. The van der Waals surface area contributed by atoms with E-state index in [-0.39, 0.29) is 19.1 Å². The smallest absolute Gasteiger partial charge is 0.316 e. The molecule has 4 nitrogen and oxygen atoms in total. The highest BCUT2D eigenvalue weighted by Gasteiger charge is 2.37. The van der Waals surface area contributed by atoms with Crippen LogP contribution in [0.5, 0.6) is 0 Å². The molecule has 1 atom stereocenters. The Morgan fingerprint density at radius 2 is 2.05 bits per heavy atom. The first-order valence-corrected chi connectivity index (χ1v) is 8.02. The topological polar surface area (TPSA) is 49.4 Å². The summed E-state index contributed by atoms with van der Waals surface area (Å²) >= 11 is 5.50. The van der Waals surface area contributed by atoms with E-state index >= 15 is 0 Å². The monoisotopic (exact) mass is 342 g/mol. The molecule has 0 amide bonds. The second-order valence-electron chi connectivity index (χ2n) is 4.78. The minimum Gasteiger partial charge on any atom is -0.316 e. The third kappa shape index (κ3) is 3.33. The molecule has 0 aliphatic carbocycles. The lowest BCUT2D eigenvalue weighted by molar-refractivity contribution is -0.137. The minimum atomic E-state index is -4.69. The highest BCUT2D eigenvalue weighted by Crippen LogP contribution is 2.36. The van der Waals surface area contributed by atoms with Gasteiger partial charge in [0.05, 0.1) is 15.5 Å². The average Bonchev–Trinajstić information content (AvgIpc) is 2.87. The summed E-state index contributed by atoms with van der Waals surface area (Å²) in [5, 5.41) is 2.44. The predicted octanol–water partition coefficient (Wildman–Crippen LogP) is 2.34. The minimum absolute atomic E-state index is 0.00848. The van der Waals surface area contributed by atoms with Crippen molar-refractivity contribution in [2.24, 2.45) is 0 Å². The summed E-state index contributed by atoms with van der Waals surface area (Å²) in [5.74, 6) is 0. The largest absolute Gasteiger partial charge is 0.417 e. The van der Waals surface area contributed by atoms with E-state index in [2.05, 4.69) is 5.32 Å². The second kappa shape index (κ2) is 5.75. The molecule has 0 aromatic heterocycles. The Morgan fingerprint density at radius 1 is 1.38 bits per heavy atom. The molecule has 9 heteroatoms. The number of hydrogen-bond donors (Lipinski definition) is 1. The van der Waals surface area contributed by atoms with Gasteiger partial charge in [-0.15, -0.1) is 0 Å². The Balaban J connectivity index is 2.38. The van der Waals surface area contributed by atoms with Crippen LogP contribution in [-0.2, 0) is 16.2 Å². The summed E-state index contributed by atoms with van der Waals surface area (Å²) < 4.78 is 64.4. The summed E-state index contributed by atoms with van der Waals surface area (Å²) in [6, 6.07) is 2.65. The third-order valence-corrected chi connectivity index (χ3v) is 5.63. The molecule has 1 aromatic rings. The lowest BCUT2D eigenvalue weighted by atomic mass is 10.2. The molecule has 1 saturated heterocycles. The summed E-state index contributed by atoms with van der Waals surface area (Å²) in [7, 11) is -2.23. The average molecular weight is 343 g/mol. The molecule has 1 aliphatic rings. The molecule has 0 saturated carbocycles. The molecule has 1 N–H and O–H groups in total. The Hall–Kier alpha value is -0.830. The van der Waals surface area contributed by atoms with E-state index in [9.17, 15) is 21.6 Å². The zero-order chi connectivity index (χ0) is 15.8. The molecular formula is C12H14ClF3N2O2S. The van der Waals surface area contributed by atoms with Crippen molar-refractivity contribution in [1.29, 1.82) is 0 Å². The first-order valence-electron chi connectivity index (χ1n) is 6.20. The number of rotatable bonds is 3. The summed E-state index contributed by atoms with van der Waals surface area (Å²) in [4.78, 5) is -0.393.